The lowest BCUT2D eigenvalue weighted by atomic mass is 10.1. The minimum atomic E-state index is -0.423. The molecule has 1 fully saturated rings. The van der Waals surface area contributed by atoms with Gasteiger partial charge in [0.25, 0.3) is 11.5 Å². The van der Waals surface area contributed by atoms with Crippen molar-refractivity contribution in [2.24, 2.45) is 0 Å². The Morgan fingerprint density at radius 2 is 1.88 bits per heavy atom. The van der Waals surface area contributed by atoms with Gasteiger partial charge in [0, 0.05) is 31.9 Å². The standard InChI is InChI=1S/C34H38FN9O5/c1-4-26-29(41-13-15-42(16-14-41)32(47)28-30(46)22(3)36-20-37-28)33(48)44-34(39-31(40-44)24-11-17-49-18-12-24)43(26)19-27(45)38-21(2)5-6-23-7-9-25(35)10-8-23/h7-11,20,46H,2,4-6,12-19H2,1,3H3,(H,38,45). The maximum atomic E-state index is 14.2. The fourth-order valence-electron chi connectivity index (χ4n) is 6.09. The molecule has 2 N–H and O–H groups in total. The van der Waals surface area contributed by atoms with E-state index in [1.165, 1.54) is 23.0 Å². The molecule has 0 unspecified atom stereocenters. The fraction of sp³-hybridized carbons (Fsp3) is 0.382. The number of anilines is 1. The molecule has 1 aromatic carbocycles. The van der Waals surface area contributed by atoms with E-state index in [1.807, 2.05) is 17.9 Å². The van der Waals surface area contributed by atoms with Crippen LogP contribution >= 0.6 is 0 Å². The maximum absolute atomic E-state index is 14.2. The lowest BCUT2D eigenvalue weighted by Crippen LogP contribution is -2.51. The van der Waals surface area contributed by atoms with Crippen LogP contribution in [0.5, 0.6) is 5.75 Å². The zero-order valence-electron chi connectivity index (χ0n) is 27.5. The summed E-state index contributed by atoms with van der Waals surface area (Å²) >= 11 is 0. The molecule has 49 heavy (non-hydrogen) atoms. The molecule has 2 aliphatic rings. The van der Waals surface area contributed by atoms with E-state index >= 15 is 0 Å². The van der Waals surface area contributed by atoms with Gasteiger partial charge in [-0.05, 0) is 55.9 Å². The monoisotopic (exact) mass is 671 g/mol. The third kappa shape index (κ3) is 7.06. The number of nitrogens with zero attached hydrogens (tertiary/aromatic N) is 8. The van der Waals surface area contributed by atoms with Crippen molar-refractivity contribution in [3.8, 4) is 5.75 Å². The number of rotatable bonds is 10. The fourth-order valence-corrected chi connectivity index (χ4v) is 6.09. The summed E-state index contributed by atoms with van der Waals surface area (Å²) in [6.07, 6.45) is 5.16. The summed E-state index contributed by atoms with van der Waals surface area (Å²) in [6.45, 7) is 9.47. The maximum Gasteiger partial charge on any atom is 0.299 e. The van der Waals surface area contributed by atoms with Gasteiger partial charge in [-0.3, -0.25) is 14.4 Å². The number of hydrogen-bond donors (Lipinski definition) is 2. The minimum Gasteiger partial charge on any atom is -0.504 e. The first-order valence-corrected chi connectivity index (χ1v) is 16.2. The van der Waals surface area contributed by atoms with Gasteiger partial charge in [0.05, 0.1) is 24.6 Å². The van der Waals surface area contributed by atoms with E-state index in [2.05, 4.69) is 27.0 Å². The van der Waals surface area contributed by atoms with Crippen LogP contribution in [0.25, 0.3) is 11.4 Å². The summed E-state index contributed by atoms with van der Waals surface area (Å²) in [4.78, 5) is 57.0. The van der Waals surface area contributed by atoms with Crippen molar-refractivity contribution in [2.45, 2.75) is 46.1 Å². The highest BCUT2D eigenvalue weighted by Crippen LogP contribution is 2.25. The third-order valence-electron chi connectivity index (χ3n) is 8.75. The number of ether oxygens (including phenoxy) is 1. The molecule has 0 aliphatic carbocycles. The molecule has 0 atom stereocenters. The van der Waals surface area contributed by atoms with Crippen LogP contribution in [0.15, 0.2) is 53.7 Å². The van der Waals surface area contributed by atoms with Crippen molar-refractivity contribution >= 4 is 28.9 Å². The number of nitrogens with one attached hydrogen (secondary N) is 1. The van der Waals surface area contributed by atoms with Crippen LogP contribution < -0.4 is 15.8 Å². The van der Waals surface area contributed by atoms with Crippen molar-refractivity contribution in [3.63, 3.8) is 0 Å². The Labute approximate surface area is 281 Å². The van der Waals surface area contributed by atoms with Crippen LogP contribution in [0.1, 0.15) is 53.0 Å². The van der Waals surface area contributed by atoms with Gasteiger partial charge >= 0.3 is 0 Å². The number of piperazine rings is 1. The average molecular weight is 672 g/mol. The van der Waals surface area contributed by atoms with Crippen molar-refractivity contribution in [3.05, 3.63) is 93.6 Å². The molecule has 15 heteroatoms. The van der Waals surface area contributed by atoms with E-state index in [4.69, 9.17) is 9.72 Å². The van der Waals surface area contributed by atoms with Gasteiger partial charge in [0.15, 0.2) is 17.3 Å². The second-order valence-corrected chi connectivity index (χ2v) is 12.0. The normalized spacial score (nSPS) is 15.0. The summed E-state index contributed by atoms with van der Waals surface area (Å²) in [5.41, 5.74) is 3.13. The number of amides is 2. The second-order valence-electron chi connectivity index (χ2n) is 12.0. The topological polar surface area (TPSA) is 160 Å². The first-order valence-electron chi connectivity index (χ1n) is 16.2. The zero-order valence-corrected chi connectivity index (χ0v) is 27.5. The number of carbonyl (C=O) groups excluding carboxylic acids is 2. The van der Waals surface area contributed by atoms with Crippen LogP contribution in [0.4, 0.5) is 10.1 Å². The molecule has 256 valence electrons. The predicted octanol–water partition coefficient (Wildman–Crippen LogP) is 2.43. The van der Waals surface area contributed by atoms with Crippen LogP contribution in [-0.4, -0.2) is 90.3 Å². The highest BCUT2D eigenvalue weighted by Gasteiger charge is 2.30. The molecule has 1 saturated heterocycles. The van der Waals surface area contributed by atoms with Gasteiger partial charge in [-0.2, -0.15) is 9.50 Å². The average Bonchev–Trinajstić information content (AvgIpc) is 3.57. The van der Waals surface area contributed by atoms with Crippen molar-refractivity contribution in [1.29, 1.82) is 0 Å². The molecular formula is C34H38FN9O5. The highest BCUT2D eigenvalue weighted by atomic mass is 19.1. The molecule has 0 saturated carbocycles. The van der Waals surface area contributed by atoms with E-state index in [0.717, 1.165) is 11.1 Å². The smallest absolute Gasteiger partial charge is 0.299 e. The Morgan fingerprint density at radius 3 is 2.57 bits per heavy atom. The van der Waals surface area contributed by atoms with E-state index < -0.39 is 5.91 Å². The van der Waals surface area contributed by atoms with Crippen LogP contribution in [0.2, 0.25) is 0 Å². The summed E-state index contributed by atoms with van der Waals surface area (Å²) in [7, 11) is 0. The molecule has 2 aliphatic heterocycles. The number of fused-ring (bicyclic) bond motifs is 1. The van der Waals surface area contributed by atoms with Gasteiger partial charge in [0.1, 0.15) is 24.4 Å². The number of hydrogen-bond acceptors (Lipinski definition) is 10. The Kier molecular flexibility index (Phi) is 9.80. The summed E-state index contributed by atoms with van der Waals surface area (Å²) in [6, 6.07) is 6.19. The first-order chi connectivity index (χ1) is 23.6. The molecular weight excluding hydrogens is 633 g/mol. The second kappa shape index (κ2) is 14.4. The van der Waals surface area contributed by atoms with Gasteiger partial charge in [0.2, 0.25) is 11.7 Å². The number of benzene rings is 1. The Balaban J connectivity index is 1.28. The molecule has 6 rings (SSSR count). The Morgan fingerprint density at radius 1 is 1.12 bits per heavy atom. The molecule has 5 heterocycles. The Bertz CT molecular complexity index is 2000. The van der Waals surface area contributed by atoms with Crippen LogP contribution in [0, 0.1) is 12.7 Å². The minimum absolute atomic E-state index is 0.0678. The van der Waals surface area contributed by atoms with Gasteiger partial charge < -0.3 is 29.5 Å². The largest absolute Gasteiger partial charge is 0.504 e. The van der Waals surface area contributed by atoms with Gasteiger partial charge in [-0.25, -0.2) is 14.4 Å². The molecule has 0 spiro atoms. The van der Waals surface area contributed by atoms with E-state index in [1.54, 1.807) is 28.5 Å². The lowest BCUT2D eigenvalue weighted by Gasteiger charge is -2.36. The van der Waals surface area contributed by atoms with Gasteiger partial charge in [-0.15, -0.1) is 5.10 Å². The lowest BCUT2D eigenvalue weighted by molar-refractivity contribution is -0.121. The number of aryl methyl sites for hydroxylation is 2. The zero-order chi connectivity index (χ0) is 34.7. The summed E-state index contributed by atoms with van der Waals surface area (Å²) < 4.78 is 21.7. The quantitative estimate of drug-likeness (QED) is 0.256. The number of aromatic nitrogens is 6. The molecule has 0 radical (unpaired) electrons. The van der Waals surface area contributed by atoms with Crippen LogP contribution in [0.3, 0.4) is 0 Å². The summed E-state index contributed by atoms with van der Waals surface area (Å²) in [5.74, 6) is -0.702. The number of carbonyl (C=O) groups is 2. The molecule has 4 aromatic rings. The molecule has 3 aromatic heterocycles. The van der Waals surface area contributed by atoms with Crippen molar-refractivity contribution in [2.75, 3.05) is 44.3 Å². The van der Waals surface area contributed by atoms with E-state index in [0.29, 0.717) is 80.6 Å². The first kappa shape index (κ1) is 33.5. The van der Waals surface area contributed by atoms with Crippen molar-refractivity contribution < 1.29 is 23.8 Å². The molecule has 2 amide bonds. The highest BCUT2D eigenvalue weighted by molar-refractivity contribution is 5.95. The SMILES string of the molecule is C=C(CCc1ccc(F)cc1)NC(=O)Cn1c(CC)c(N2CCN(C(=O)c3ncnc(C)c3O)CC2)c(=O)n2nc(C3=CCOCC3)nc12. The molecule has 0 bridgehead atoms. The van der Waals surface area contributed by atoms with Crippen molar-refractivity contribution in [1.82, 2.24) is 39.3 Å². The predicted molar refractivity (Wildman–Crippen MR) is 179 cm³/mol. The molecule has 14 nitrogen and oxygen atoms in total. The Hall–Kier alpha value is -5.44. The van der Waals surface area contributed by atoms with Crippen LogP contribution in [-0.2, 0) is 28.9 Å². The number of aromatic hydroxyl groups is 1. The summed E-state index contributed by atoms with van der Waals surface area (Å²) in [5, 5.41) is 17.9. The van der Waals surface area contributed by atoms with Gasteiger partial charge in [-0.1, -0.05) is 31.7 Å². The third-order valence-corrected chi connectivity index (χ3v) is 8.75. The number of halogens is 1. The number of allylic oxidation sites excluding steroid dienone is 1. The van der Waals surface area contributed by atoms with E-state index in [9.17, 15) is 23.9 Å². The van der Waals surface area contributed by atoms with E-state index in [-0.39, 0.29) is 54.1 Å².